The number of hydrogen-bond donors (Lipinski definition) is 0. The van der Waals surface area contributed by atoms with E-state index in [0.717, 1.165) is 34.7 Å². The Balaban J connectivity index is 2.57. The average Bonchev–Trinajstić information content (AvgIpc) is 2.31. The Kier molecular flexibility index (Phi) is 3.53. The van der Waals surface area contributed by atoms with Crippen molar-refractivity contribution in [3.05, 3.63) is 35.0 Å². The molecular formula is C14H17ClN2. The van der Waals surface area contributed by atoms with Crippen LogP contribution in [0.3, 0.4) is 0 Å². The van der Waals surface area contributed by atoms with Crippen LogP contribution < -0.4 is 4.90 Å². The summed E-state index contributed by atoms with van der Waals surface area (Å²) in [5.74, 6) is 0. The maximum Gasteiger partial charge on any atom is 0.0721 e. The van der Waals surface area contributed by atoms with E-state index in [9.17, 15) is 0 Å². The monoisotopic (exact) mass is 248 g/mol. The van der Waals surface area contributed by atoms with Crippen molar-refractivity contribution in [2.45, 2.75) is 20.8 Å². The van der Waals surface area contributed by atoms with Gasteiger partial charge in [-0.05, 0) is 45.0 Å². The molecule has 0 aliphatic carbocycles. The fourth-order valence-electron chi connectivity index (χ4n) is 2.08. The Morgan fingerprint density at radius 3 is 2.53 bits per heavy atom. The van der Waals surface area contributed by atoms with E-state index in [4.69, 9.17) is 11.6 Å². The summed E-state index contributed by atoms with van der Waals surface area (Å²) in [5.41, 5.74) is 3.12. The normalized spacial score (nSPS) is 10.8. The van der Waals surface area contributed by atoms with Crippen molar-refractivity contribution in [2.75, 3.05) is 18.0 Å². The summed E-state index contributed by atoms with van der Waals surface area (Å²) in [7, 11) is 0. The predicted octanol–water partition coefficient (Wildman–Crippen LogP) is 4.04. The zero-order chi connectivity index (χ0) is 12.4. The second-order valence-electron chi connectivity index (χ2n) is 4.12. The molecule has 0 unspecified atom stereocenters. The number of fused-ring (bicyclic) bond motifs is 1. The standard InChI is InChI=1S/C14H17ClN2/c1-4-17(5-2)11-6-7-14-12(9-11)13(15)8-10(3)16-14/h6-9H,4-5H2,1-3H3. The molecule has 0 saturated heterocycles. The molecule has 0 N–H and O–H groups in total. The van der Waals surface area contributed by atoms with Gasteiger partial charge in [-0.1, -0.05) is 11.6 Å². The van der Waals surface area contributed by atoms with Gasteiger partial charge in [0.25, 0.3) is 0 Å². The van der Waals surface area contributed by atoms with Crippen LogP contribution in [0, 0.1) is 6.92 Å². The molecule has 0 saturated carbocycles. The Bertz CT molecular complexity index is 533. The number of aromatic nitrogens is 1. The third kappa shape index (κ3) is 2.37. The van der Waals surface area contributed by atoms with Gasteiger partial charge in [-0.3, -0.25) is 4.98 Å². The highest BCUT2D eigenvalue weighted by Gasteiger charge is 2.06. The van der Waals surface area contributed by atoms with Gasteiger partial charge in [0.05, 0.1) is 10.5 Å². The molecule has 2 rings (SSSR count). The molecule has 1 aromatic heterocycles. The first-order valence-corrected chi connectivity index (χ1v) is 6.35. The number of benzene rings is 1. The number of aryl methyl sites for hydroxylation is 1. The van der Waals surface area contributed by atoms with Crippen molar-refractivity contribution in [3.8, 4) is 0 Å². The average molecular weight is 249 g/mol. The number of rotatable bonds is 3. The summed E-state index contributed by atoms with van der Waals surface area (Å²) in [4.78, 5) is 6.79. The first-order chi connectivity index (χ1) is 8.15. The minimum Gasteiger partial charge on any atom is -0.372 e. The highest BCUT2D eigenvalue weighted by atomic mass is 35.5. The first-order valence-electron chi connectivity index (χ1n) is 5.97. The van der Waals surface area contributed by atoms with E-state index < -0.39 is 0 Å². The molecule has 0 aliphatic rings. The molecule has 0 aliphatic heterocycles. The molecular weight excluding hydrogens is 232 g/mol. The molecule has 0 bridgehead atoms. The minimum atomic E-state index is 0.779. The van der Waals surface area contributed by atoms with E-state index in [1.54, 1.807) is 0 Å². The summed E-state index contributed by atoms with van der Waals surface area (Å²) in [6.07, 6.45) is 0. The van der Waals surface area contributed by atoms with Crippen molar-refractivity contribution in [2.24, 2.45) is 0 Å². The van der Waals surface area contributed by atoms with E-state index in [1.165, 1.54) is 5.69 Å². The van der Waals surface area contributed by atoms with E-state index in [2.05, 4.69) is 35.9 Å². The molecule has 2 nitrogen and oxygen atoms in total. The van der Waals surface area contributed by atoms with Crippen molar-refractivity contribution < 1.29 is 0 Å². The van der Waals surface area contributed by atoms with Crippen molar-refractivity contribution in [1.29, 1.82) is 0 Å². The molecule has 1 heterocycles. The second-order valence-corrected chi connectivity index (χ2v) is 4.53. The smallest absolute Gasteiger partial charge is 0.0721 e. The molecule has 3 heteroatoms. The van der Waals surface area contributed by atoms with Crippen LogP contribution in [0.25, 0.3) is 10.9 Å². The maximum absolute atomic E-state index is 6.27. The summed E-state index contributed by atoms with van der Waals surface area (Å²) in [6, 6.07) is 8.19. The topological polar surface area (TPSA) is 16.1 Å². The molecule has 0 radical (unpaired) electrons. The van der Waals surface area contributed by atoms with Gasteiger partial charge in [-0.25, -0.2) is 0 Å². The summed E-state index contributed by atoms with van der Waals surface area (Å²) in [6.45, 7) is 8.27. The Hall–Kier alpha value is -1.28. The van der Waals surface area contributed by atoms with E-state index in [1.807, 2.05) is 19.1 Å². The lowest BCUT2D eigenvalue weighted by Gasteiger charge is -2.21. The Labute approximate surface area is 107 Å². The van der Waals surface area contributed by atoms with Crippen LogP contribution in [0.4, 0.5) is 5.69 Å². The van der Waals surface area contributed by atoms with Gasteiger partial charge in [0.1, 0.15) is 0 Å². The van der Waals surface area contributed by atoms with Gasteiger partial charge in [0.2, 0.25) is 0 Å². The molecule has 0 atom stereocenters. The largest absolute Gasteiger partial charge is 0.372 e. The number of pyridine rings is 1. The zero-order valence-electron chi connectivity index (χ0n) is 10.5. The maximum atomic E-state index is 6.27. The molecule has 0 amide bonds. The summed E-state index contributed by atoms with van der Waals surface area (Å²) >= 11 is 6.27. The highest BCUT2D eigenvalue weighted by Crippen LogP contribution is 2.27. The van der Waals surface area contributed by atoms with Gasteiger partial charge in [0.15, 0.2) is 0 Å². The minimum absolute atomic E-state index is 0.779. The number of nitrogens with zero attached hydrogens (tertiary/aromatic N) is 2. The molecule has 1 aromatic carbocycles. The Morgan fingerprint density at radius 1 is 1.18 bits per heavy atom. The van der Waals surface area contributed by atoms with Crippen molar-refractivity contribution in [1.82, 2.24) is 4.98 Å². The van der Waals surface area contributed by atoms with E-state index >= 15 is 0 Å². The first kappa shape index (κ1) is 12.2. The zero-order valence-corrected chi connectivity index (χ0v) is 11.3. The number of anilines is 1. The molecule has 0 spiro atoms. The van der Waals surface area contributed by atoms with Gasteiger partial charge < -0.3 is 4.90 Å². The van der Waals surface area contributed by atoms with Crippen molar-refractivity contribution in [3.63, 3.8) is 0 Å². The van der Waals surface area contributed by atoms with Gasteiger partial charge in [-0.2, -0.15) is 0 Å². The third-order valence-corrected chi connectivity index (χ3v) is 3.31. The Morgan fingerprint density at radius 2 is 1.88 bits per heavy atom. The van der Waals surface area contributed by atoms with E-state index in [0.29, 0.717) is 0 Å². The van der Waals surface area contributed by atoms with Gasteiger partial charge in [-0.15, -0.1) is 0 Å². The van der Waals surface area contributed by atoms with Gasteiger partial charge >= 0.3 is 0 Å². The lowest BCUT2D eigenvalue weighted by Crippen LogP contribution is -2.21. The molecule has 0 fully saturated rings. The predicted molar refractivity (Wildman–Crippen MR) is 75.1 cm³/mol. The SMILES string of the molecule is CCN(CC)c1ccc2nc(C)cc(Cl)c2c1. The van der Waals surface area contributed by atoms with E-state index in [-0.39, 0.29) is 0 Å². The van der Waals surface area contributed by atoms with Gasteiger partial charge in [0, 0.05) is 29.9 Å². The molecule has 90 valence electrons. The van der Waals surface area contributed by atoms with Crippen LogP contribution in [0.15, 0.2) is 24.3 Å². The molecule has 2 aromatic rings. The van der Waals surface area contributed by atoms with Crippen LogP contribution in [0.5, 0.6) is 0 Å². The van der Waals surface area contributed by atoms with Crippen LogP contribution >= 0.6 is 11.6 Å². The quantitative estimate of drug-likeness (QED) is 0.815. The second kappa shape index (κ2) is 4.92. The van der Waals surface area contributed by atoms with Crippen LogP contribution in [0.2, 0.25) is 5.02 Å². The summed E-state index contributed by atoms with van der Waals surface area (Å²) in [5, 5.41) is 1.81. The van der Waals surface area contributed by atoms with Crippen LogP contribution in [-0.2, 0) is 0 Å². The van der Waals surface area contributed by atoms with Crippen LogP contribution in [0.1, 0.15) is 19.5 Å². The lowest BCUT2D eigenvalue weighted by atomic mass is 10.1. The van der Waals surface area contributed by atoms with Crippen molar-refractivity contribution >= 4 is 28.2 Å². The summed E-state index contributed by atoms with van der Waals surface area (Å²) < 4.78 is 0. The number of hydrogen-bond acceptors (Lipinski definition) is 2. The molecule has 17 heavy (non-hydrogen) atoms. The van der Waals surface area contributed by atoms with Crippen LogP contribution in [-0.4, -0.2) is 18.1 Å². The third-order valence-electron chi connectivity index (χ3n) is 3.00. The highest BCUT2D eigenvalue weighted by molar-refractivity contribution is 6.35. The fraction of sp³-hybridized carbons (Fsp3) is 0.357. The number of halogens is 1. The lowest BCUT2D eigenvalue weighted by molar-refractivity contribution is 0.867. The fourth-order valence-corrected chi connectivity index (χ4v) is 2.39.